The molecule has 2 atom stereocenters. The van der Waals surface area contributed by atoms with Crippen molar-refractivity contribution in [3.05, 3.63) is 0 Å². The van der Waals surface area contributed by atoms with E-state index in [0.29, 0.717) is 13.1 Å². The average molecular weight is 365 g/mol. The molecule has 2 unspecified atom stereocenters. The topological polar surface area (TPSA) is 104 Å². The van der Waals surface area contributed by atoms with Crippen LogP contribution in [0.25, 0.3) is 0 Å². The minimum Gasteiger partial charge on any atom is -0.339 e. The predicted octanol–water partition coefficient (Wildman–Crippen LogP) is -1.60. The summed E-state index contributed by atoms with van der Waals surface area (Å²) in [6.45, 7) is 2.08. The number of rotatable bonds is 3. The van der Waals surface area contributed by atoms with E-state index in [1.807, 2.05) is 0 Å². The molecule has 3 heterocycles. The van der Waals surface area contributed by atoms with Gasteiger partial charge < -0.3 is 10.2 Å². The first-order chi connectivity index (χ1) is 10.8. The first-order valence-corrected chi connectivity index (χ1v) is 11.3. The molecule has 0 aromatic carbocycles. The van der Waals surface area contributed by atoms with Crippen molar-refractivity contribution in [1.29, 1.82) is 0 Å². The number of sulfonamides is 1. The van der Waals surface area contributed by atoms with Crippen molar-refractivity contribution in [3.63, 3.8) is 0 Å². The Labute approximate surface area is 137 Å². The zero-order valence-electron chi connectivity index (χ0n) is 13.0. The lowest BCUT2D eigenvalue weighted by Gasteiger charge is -2.36. The van der Waals surface area contributed by atoms with E-state index in [1.165, 1.54) is 4.31 Å². The Morgan fingerprint density at radius 2 is 1.78 bits per heavy atom. The number of nitrogens with zero attached hydrogens (tertiary/aromatic N) is 2. The summed E-state index contributed by atoms with van der Waals surface area (Å²) in [5, 5.41) is 2.33. The zero-order valence-corrected chi connectivity index (χ0v) is 14.6. The minimum atomic E-state index is -3.60. The molecule has 0 aromatic rings. The molecule has 3 rings (SSSR count). The fraction of sp³-hybridized carbons (Fsp3) is 0.923. The fourth-order valence-corrected chi connectivity index (χ4v) is 8.00. The fourth-order valence-electron chi connectivity index (χ4n) is 3.49. The van der Waals surface area contributed by atoms with Crippen LogP contribution in [0.3, 0.4) is 0 Å². The predicted molar refractivity (Wildman–Crippen MR) is 85.2 cm³/mol. The van der Waals surface area contributed by atoms with E-state index in [0.717, 1.165) is 19.4 Å². The van der Waals surface area contributed by atoms with Gasteiger partial charge >= 0.3 is 0 Å². The Hall–Kier alpha value is -0.710. The normalized spacial score (nSPS) is 32.3. The largest absolute Gasteiger partial charge is 0.339 e. The van der Waals surface area contributed by atoms with Crippen LogP contribution >= 0.6 is 0 Å². The Morgan fingerprint density at radius 3 is 2.30 bits per heavy atom. The highest BCUT2D eigenvalue weighted by Gasteiger charge is 2.42. The Kier molecular flexibility index (Phi) is 4.69. The number of piperazine rings is 1. The van der Waals surface area contributed by atoms with E-state index in [9.17, 15) is 21.6 Å². The molecule has 3 aliphatic rings. The van der Waals surface area contributed by atoms with Crippen LogP contribution in [0, 0.1) is 0 Å². The Bertz CT molecular complexity index is 662. The van der Waals surface area contributed by atoms with Gasteiger partial charge in [-0.25, -0.2) is 16.8 Å². The monoisotopic (exact) mass is 365 g/mol. The summed E-state index contributed by atoms with van der Waals surface area (Å²) >= 11 is 0. The van der Waals surface area contributed by atoms with Gasteiger partial charge in [0, 0.05) is 26.2 Å². The van der Waals surface area contributed by atoms with Crippen LogP contribution in [-0.2, 0) is 24.7 Å². The van der Waals surface area contributed by atoms with Crippen LogP contribution in [0.4, 0.5) is 0 Å². The summed E-state index contributed by atoms with van der Waals surface area (Å²) < 4.78 is 49.5. The molecule has 10 heteroatoms. The van der Waals surface area contributed by atoms with E-state index in [-0.39, 0.29) is 43.0 Å². The number of sulfone groups is 1. The quantitative estimate of drug-likeness (QED) is 0.646. The molecule has 3 saturated heterocycles. The van der Waals surface area contributed by atoms with Crippen LogP contribution in [0.2, 0.25) is 0 Å². The third-order valence-electron chi connectivity index (χ3n) is 4.88. The second kappa shape index (κ2) is 6.30. The van der Waals surface area contributed by atoms with E-state index in [1.54, 1.807) is 4.90 Å². The Balaban J connectivity index is 1.59. The van der Waals surface area contributed by atoms with E-state index >= 15 is 0 Å². The number of nitrogens with one attached hydrogen (secondary N) is 1. The highest BCUT2D eigenvalue weighted by molar-refractivity contribution is 7.95. The molecule has 132 valence electrons. The maximum atomic E-state index is 12.6. The second-order valence-electron chi connectivity index (χ2n) is 6.44. The van der Waals surface area contributed by atoms with Crippen molar-refractivity contribution in [2.45, 2.75) is 30.6 Å². The molecule has 0 aromatic heterocycles. The van der Waals surface area contributed by atoms with E-state index in [2.05, 4.69) is 5.32 Å². The van der Waals surface area contributed by atoms with E-state index < -0.39 is 25.1 Å². The lowest BCUT2D eigenvalue weighted by Crippen LogP contribution is -2.55. The molecule has 3 aliphatic heterocycles. The summed E-state index contributed by atoms with van der Waals surface area (Å²) in [7, 11) is -6.83. The standard InChI is InChI=1S/C13H23N3O5S2/c17-13(12-2-1-4-14-12)15-5-7-16(8-6-15)23(20,21)11-3-9-22(18,19)10-11/h11-12,14H,1-10H2. The maximum absolute atomic E-state index is 12.6. The molecule has 1 amide bonds. The lowest BCUT2D eigenvalue weighted by atomic mass is 10.2. The number of hydrogen-bond donors (Lipinski definition) is 1. The molecule has 3 fully saturated rings. The maximum Gasteiger partial charge on any atom is 0.239 e. The third kappa shape index (κ3) is 3.54. The van der Waals surface area contributed by atoms with Gasteiger partial charge in [0.15, 0.2) is 9.84 Å². The summed E-state index contributed by atoms with van der Waals surface area (Å²) in [6, 6.07) is -0.141. The van der Waals surface area contributed by atoms with Gasteiger partial charge in [0.05, 0.1) is 22.8 Å². The highest BCUT2D eigenvalue weighted by Crippen LogP contribution is 2.23. The summed E-state index contributed by atoms with van der Waals surface area (Å²) in [6.07, 6.45) is 1.99. The van der Waals surface area contributed by atoms with Crippen LogP contribution < -0.4 is 5.32 Å². The average Bonchev–Trinajstić information content (AvgIpc) is 3.16. The van der Waals surface area contributed by atoms with Gasteiger partial charge in [-0.05, 0) is 25.8 Å². The molecule has 0 radical (unpaired) electrons. The summed E-state index contributed by atoms with van der Waals surface area (Å²) in [4.78, 5) is 14.0. The first kappa shape index (κ1) is 17.1. The molecule has 8 nitrogen and oxygen atoms in total. The number of carbonyl (C=O) groups is 1. The molecule has 0 aliphatic carbocycles. The van der Waals surface area contributed by atoms with Crippen LogP contribution in [0.1, 0.15) is 19.3 Å². The van der Waals surface area contributed by atoms with Gasteiger partial charge in [0.25, 0.3) is 0 Å². The van der Waals surface area contributed by atoms with Gasteiger partial charge in [0.2, 0.25) is 15.9 Å². The number of carbonyl (C=O) groups excluding carboxylic acids is 1. The van der Waals surface area contributed by atoms with Crippen molar-refractivity contribution < 1.29 is 21.6 Å². The smallest absolute Gasteiger partial charge is 0.239 e. The van der Waals surface area contributed by atoms with Gasteiger partial charge in [-0.3, -0.25) is 4.79 Å². The van der Waals surface area contributed by atoms with Crippen molar-refractivity contribution in [1.82, 2.24) is 14.5 Å². The Morgan fingerprint density at radius 1 is 1.09 bits per heavy atom. The van der Waals surface area contributed by atoms with Crippen molar-refractivity contribution >= 4 is 25.8 Å². The first-order valence-electron chi connectivity index (χ1n) is 8.01. The lowest BCUT2D eigenvalue weighted by molar-refractivity contribution is -0.134. The highest BCUT2D eigenvalue weighted by atomic mass is 32.2. The third-order valence-corrected chi connectivity index (χ3v) is 9.19. The van der Waals surface area contributed by atoms with Crippen LogP contribution in [-0.4, -0.2) is 87.5 Å². The van der Waals surface area contributed by atoms with Crippen molar-refractivity contribution in [3.8, 4) is 0 Å². The van der Waals surface area contributed by atoms with Gasteiger partial charge in [-0.2, -0.15) is 4.31 Å². The zero-order chi connectivity index (χ0) is 16.7. The van der Waals surface area contributed by atoms with Gasteiger partial charge in [0.1, 0.15) is 0 Å². The minimum absolute atomic E-state index is 0.0444. The number of amides is 1. The molecule has 0 saturated carbocycles. The SMILES string of the molecule is O=C(C1CCCN1)N1CCN(S(=O)(=O)C2CCS(=O)(=O)C2)CC1. The molecule has 0 bridgehead atoms. The molecular formula is C13H23N3O5S2. The molecule has 23 heavy (non-hydrogen) atoms. The number of hydrogen-bond acceptors (Lipinski definition) is 6. The van der Waals surface area contributed by atoms with Crippen LogP contribution in [0.15, 0.2) is 0 Å². The molecule has 0 spiro atoms. The molecular weight excluding hydrogens is 342 g/mol. The summed E-state index contributed by atoms with van der Waals surface area (Å²) in [5.74, 6) is -0.286. The van der Waals surface area contributed by atoms with Crippen molar-refractivity contribution in [2.24, 2.45) is 0 Å². The van der Waals surface area contributed by atoms with Gasteiger partial charge in [-0.1, -0.05) is 0 Å². The van der Waals surface area contributed by atoms with Gasteiger partial charge in [-0.15, -0.1) is 0 Å². The van der Waals surface area contributed by atoms with Crippen molar-refractivity contribution in [2.75, 3.05) is 44.2 Å². The second-order valence-corrected chi connectivity index (χ2v) is 10.9. The van der Waals surface area contributed by atoms with E-state index in [4.69, 9.17) is 0 Å². The van der Waals surface area contributed by atoms with Crippen LogP contribution in [0.5, 0.6) is 0 Å². The summed E-state index contributed by atoms with van der Waals surface area (Å²) in [5.41, 5.74) is 0. The molecule has 1 N–H and O–H groups in total.